The first-order valence-corrected chi connectivity index (χ1v) is 9.66. The van der Waals surface area contributed by atoms with E-state index < -0.39 is 10.8 Å². The highest BCUT2D eigenvalue weighted by atomic mass is 35.5. The molecule has 1 aliphatic heterocycles. The minimum atomic E-state index is -0.572. The lowest BCUT2D eigenvalue weighted by atomic mass is 10.1. The third kappa shape index (κ3) is 4.55. The van der Waals surface area contributed by atoms with E-state index in [4.69, 9.17) is 23.2 Å². The Hall–Kier alpha value is -2.35. The summed E-state index contributed by atoms with van der Waals surface area (Å²) in [5.41, 5.74) is 1.25. The number of nitrogens with one attached hydrogen (secondary N) is 1. The molecule has 0 saturated carbocycles. The molecule has 0 spiro atoms. The molecule has 2 aromatic carbocycles. The molecule has 0 unspecified atom stereocenters. The molecule has 9 heteroatoms. The smallest absolute Gasteiger partial charge is 0.270 e. The highest BCUT2D eigenvalue weighted by Gasteiger charge is 2.19. The van der Waals surface area contributed by atoms with E-state index in [1.807, 2.05) is 6.07 Å². The van der Waals surface area contributed by atoms with Gasteiger partial charge in [0.2, 0.25) is 0 Å². The van der Waals surface area contributed by atoms with Gasteiger partial charge in [-0.05, 0) is 30.8 Å². The van der Waals surface area contributed by atoms with Crippen LogP contribution in [0.4, 0.5) is 17.1 Å². The normalized spacial score (nSPS) is 14.8. The maximum atomic E-state index is 12.5. The number of nitrogens with zero attached hydrogens (tertiary/aromatic N) is 3. The molecule has 1 aliphatic rings. The van der Waals surface area contributed by atoms with Crippen molar-refractivity contribution in [3.05, 3.63) is 62.1 Å². The van der Waals surface area contributed by atoms with E-state index in [9.17, 15) is 14.9 Å². The van der Waals surface area contributed by atoms with Crippen molar-refractivity contribution in [2.75, 3.05) is 42.9 Å². The second-order valence-electron chi connectivity index (χ2n) is 6.46. The zero-order chi connectivity index (χ0) is 20.3. The third-order valence-corrected chi connectivity index (χ3v) is 5.40. The highest BCUT2D eigenvalue weighted by molar-refractivity contribution is 6.35. The Kier molecular flexibility index (Phi) is 6.39. The lowest BCUT2D eigenvalue weighted by Gasteiger charge is -2.36. The number of hydrogen-bond acceptors (Lipinski definition) is 5. The fourth-order valence-electron chi connectivity index (χ4n) is 3.15. The maximum Gasteiger partial charge on any atom is 0.270 e. The molecule has 0 atom stereocenters. The molecular weight excluding hydrogens is 403 g/mol. The van der Waals surface area contributed by atoms with E-state index in [-0.39, 0.29) is 16.3 Å². The summed E-state index contributed by atoms with van der Waals surface area (Å²) in [5.74, 6) is -0.533. The van der Waals surface area contributed by atoms with Crippen LogP contribution in [0.2, 0.25) is 10.0 Å². The van der Waals surface area contributed by atoms with Crippen LogP contribution in [0.5, 0.6) is 0 Å². The number of carbonyl (C=O) groups excluding carboxylic acids is 1. The van der Waals surface area contributed by atoms with E-state index in [2.05, 4.69) is 22.0 Å². The van der Waals surface area contributed by atoms with Gasteiger partial charge in [0.1, 0.15) is 0 Å². The topological polar surface area (TPSA) is 78.7 Å². The zero-order valence-corrected chi connectivity index (χ0v) is 16.8. The zero-order valence-electron chi connectivity index (χ0n) is 15.3. The summed E-state index contributed by atoms with van der Waals surface area (Å²) >= 11 is 12.5. The van der Waals surface area contributed by atoms with Crippen molar-refractivity contribution < 1.29 is 9.72 Å². The Labute approximate surface area is 173 Å². The summed E-state index contributed by atoms with van der Waals surface area (Å²) in [6.07, 6.45) is 0. The van der Waals surface area contributed by atoms with E-state index in [0.717, 1.165) is 44.5 Å². The first-order chi connectivity index (χ1) is 13.4. The monoisotopic (exact) mass is 422 g/mol. The number of piperazine rings is 1. The standard InChI is InChI=1S/C19H20Cl2N4O3/c1-2-23-7-9-24(10-8-23)18-6-3-13(11-17(18)21)22-19(26)15-12-14(25(27)28)4-5-16(15)20/h3-6,11-12H,2,7-10H2,1H3,(H,22,26). The van der Waals surface area contributed by atoms with Crippen LogP contribution in [0.15, 0.2) is 36.4 Å². The summed E-state index contributed by atoms with van der Waals surface area (Å²) < 4.78 is 0. The number of hydrogen-bond donors (Lipinski definition) is 1. The first kappa shape index (κ1) is 20.4. The third-order valence-electron chi connectivity index (χ3n) is 4.77. The maximum absolute atomic E-state index is 12.5. The molecule has 28 heavy (non-hydrogen) atoms. The molecule has 3 rings (SSSR count). The Balaban J connectivity index is 1.73. The molecule has 148 valence electrons. The van der Waals surface area contributed by atoms with Crippen molar-refractivity contribution in [3.63, 3.8) is 0 Å². The lowest BCUT2D eigenvalue weighted by Crippen LogP contribution is -2.46. The average molecular weight is 423 g/mol. The van der Waals surface area contributed by atoms with Crippen molar-refractivity contribution in [3.8, 4) is 0 Å². The van der Waals surface area contributed by atoms with Gasteiger partial charge in [-0.3, -0.25) is 14.9 Å². The molecule has 1 amide bonds. The fourth-order valence-corrected chi connectivity index (χ4v) is 3.65. The van der Waals surface area contributed by atoms with E-state index in [1.165, 1.54) is 12.1 Å². The average Bonchev–Trinajstić information content (AvgIpc) is 2.68. The minimum Gasteiger partial charge on any atom is -0.368 e. The predicted molar refractivity (Wildman–Crippen MR) is 112 cm³/mol. The second kappa shape index (κ2) is 8.77. The van der Waals surface area contributed by atoms with Crippen LogP contribution in [0.1, 0.15) is 17.3 Å². The largest absolute Gasteiger partial charge is 0.368 e. The number of amides is 1. The van der Waals surface area contributed by atoms with Gasteiger partial charge in [0.05, 0.1) is 26.2 Å². The van der Waals surface area contributed by atoms with Crippen LogP contribution in [-0.2, 0) is 0 Å². The minimum absolute atomic E-state index is 0.0340. The molecule has 0 radical (unpaired) electrons. The van der Waals surface area contributed by atoms with E-state index in [0.29, 0.717) is 10.7 Å². The van der Waals surface area contributed by atoms with Gasteiger partial charge in [0, 0.05) is 44.0 Å². The Bertz CT molecular complexity index is 899. The summed E-state index contributed by atoms with van der Waals surface area (Å²) in [6, 6.07) is 9.04. The number of nitro groups is 1. The quantitative estimate of drug-likeness (QED) is 0.573. The number of likely N-dealkylation sites (N-methyl/N-ethyl adjacent to an activating group) is 1. The Morgan fingerprint density at radius 1 is 1.11 bits per heavy atom. The summed E-state index contributed by atoms with van der Waals surface area (Å²) in [4.78, 5) is 27.4. The van der Waals surface area contributed by atoms with Crippen molar-refractivity contribution in [2.45, 2.75) is 6.92 Å². The van der Waals surface area contributed by atoms with Gasteiger partial charge in [-0.1, -0.05) is 30.1 Å². The lowest BCUT2D eigenvalue weighted by molar-refractivity contribution is -0.384. The molecule has 1 saturated heterocycles. The molecule has 0 aliphatic carbocycles. The number of rotatable bonds is 5. The van der Waals surface area contributed by atoms with Crippen LogP contribution in [0.25, 0.3) is 0 Å². The van der Waals surface area contributed by atoms with Crippen LogP contribution in [0.3, 0.4) is 0 Å². The molecule has 0 aromatic heterocycles. The van der Waals surface area contributed by atoms with Gasteiger partial charge in [-0.15, -0.1) is 0 Å². The summed E-state index contributed by atoms with van der Waals surface area (Å²) in [5, 5.41) is 14.3. The molecular formula is C19H20Cl2N4O3. The number of benzene rings is 2. The van der Waals surface area contributed by atoms with Gasteiger partial charge >= 0.3 is 0 Å². The second-order valence-corrected chi connectivity index (χ2v) is 7.28. The van der Waals surface area contributed by atoms with Crippen molar-refractivity contribution >= 4 is 46.2 Å². The number of carbonyl (C=O) groups is 1. The Morgan fingerprint density at radius 3 is 2.43 bits per heavy atom. The van der Waals surface area contributed by atoms with E-state index >= 15 is 0 Å². The van der Waals surface area contributed by atoms with E-state index in [1.54, 1.807) is 12.1 Å². The first-order valence-electron chi connectivity index (χ1n) is 8.91. The number of anilines is 2. The van der Waals surface area contributed by atoms with Crippen molar-refractivity contribution in [1.29, 1.82) is 0 Å². The van der Waals surface area contributed by atoms with Crippen LogP contribution < -0.4 is 10.2 Å². The van der Waals surface area contributed by atoms with Crippen LogP contribution in [0, 0.1) is 10.1 Å². The van der Waals surface area contributed by atoms with Crippen LogP contribution in [-0.4, -0.2) is 48.5 Å². The highest BCUT2D eigenvalue weighted by Crippen LogP contribution is 2.30. The van der Waals surface area contributed by atoms with Gasteiger partial charge in [0.15, 0.2) is 0 Å². The van der Waals surface area contributed by atoms with Crippen LogP contribution >= 0.6 is 23.2 Å². The molecule has 7 nitrogen and oxygen atoms in total. The predicted octanol–water partition coefficient (Wildman–Crippen LogP) is 4.30. The van der Waals surface area contributed by atoms with Gasteiger partial charge in [-0.25, -0.2) is 0 Å². The van der Waals surface area contributed by atoms with Gasteiger partial charge in [0.25, 0.3) is 11.6 Å². The number of non-ortho nitro benzene ring substituents is 1. The number of halogens is 2. The molecule has 1 N–H and O–H groups in total. The molecule has 1 heterocycles. The molecule has 1 fully saturated rings. The van der Waals surface area contributed by atoms with Crippen molar-refractivity contribution in [2.24, 2.45) is 0 Å². The SMILES string of the molecule is CCN1CCN(c2ccc(NC(=O)c3cc([N+](=O)[O-])ccc3Cl)cc2Cl)CC1. The molecule has 0 bridgehead atoms. The van der Waals surface area contributed by atoms with Crippen molar-refractivity contribution in [1.82, 2.24) is 4.90 Å². The fraction of sp³-hybridized carbons (Fsp3) is 0.316. The van der Waals surface area contributed by atoms with Gasteiger partial charge < -0.3 is 15.1 Å². The number of nitro benzene ring substituents is 1. The summed E-state index contributed by atoms with van der Waals surface area (Å²) in [7, 11) is 0. The Morgan fingerprint density at radius 2 is 1.82 bits per heavy atom. The summed E-state index contributed by atoms with van der Waals surface area (Å²) in [6.45, 7) is 6.93. The molecule has 2 aromatic rings. The van der Waals surface area contributed by atoms with Gasteiger partial charge in [-0.2, -0.15) is 0 Å².